The monoisotopic (exact) mass is 750 g/mol. The van der Waals surface area contributed by atoms with E-state index >= 15 is 0 Å². The molecule has 3 aromatic carbocycles. The molecule has 0 spiro atoms. The second kappa shape index (κ2) is 19.2. The molecule has 17 heteroatoms. The maximum absolute atomic E-state index is 13.0. The zero-order valence-electron chi connectivity index (χ0n) is 29.9. The Morgan fingerprint density at radius 1 is 0.942 bits per heavy atom. The predicted octanol–water partition coefficient (Wildman–Crippen LogP) is 2.15. The first-order valence-corrected chi connectivity index (χ1v) is 18.9. The van der Waals surface area contributed by atoms with Crippen molar-refractivity contribution in [1.82, 2.24) is 28.1 Å². The summed E-state index contributed by atoms with van der Waals surface area (Å²) >= 11 is -2.03. The minimum Gasteiger partial charge on any atom is -0.760 e. The molecule has 0 radical (unpaired) electrons. The summed E-state index contributed by atoms with van der Waals surface area (Å²) < 4.78 is 54.5. The highest BCUT2D eigenvalue weighted by Gasteiger charge is 2.23. The van der Waals surface area contributed by atoms with Gasteiger partial charge in [0.25, 0.3) is 0 Å². The SMILES string of the molecule is CN(C)S(=O)[O-].COCCN1CCc2ccc(Nc3ncc4ccc(-c5ccccc5S(=O)(=O)N(C)C)n4n3)cc2CC1.OB(O)c1ccccc1. The maximum Gasteiger partial charge on any atom is 0.488 e. The summed E-state index contributed by atoms with van der Waals surface area (Å²) in [6.45, 7) is 3.73. The molecule has 0 aliphatic carbocycles. The average Bonchev–Trinajstić information content (AvgIpc) is 3.44. The summed E-state index contributed by atoms with van der Waals surface area (Å²) in [5, 5.41) is 25.2. The van der Waals surface area contributed by atoms with Crippen LogP contribution < -0.4 is 10.8 Å². The van der Waals surface area contributed by atoms with Crippen molar-refractivity contribution in [3.05, 3.63) is 102 Å². The molecule has 6 rings (SSSR count). The van der Waals surface area contributed by atoms with Gasteiger partial charge in [-0.25, -0.2) is 26.5 Å². The minimum absolute atomic E-state index is 0.235. The highest BCUT2D eigenvalue weighted by atomic mass is 32.2. The highest BCUT2D eigenvalue weighted by molar-refractivity contribution is 7.89. The number of nitrogens with zero attached hydrogens (tertiary/aromatic N) is 6. The molecule has 0 amide bonds. The molecular formula is C35H45BN7O7S2-. The molecule has 2 aromatic heterocycles. The van der Waals surface area contributed by atoms with Crippen LogP contribution in [-0.2, 0) is 38.9 Å². The molecule has 5 aromatic rings. The predicted molar refractivity (Wildman–Crippen MR) is 204 cm³/mol. The summed E-state index contributed by atoms with van der Waals surface area (Å²) in [5.74, 6) is 0.438. The second-order valence-electron chi connectivity index (χ2n) is 12.2. The zero-order valence-corrected chi connectivity index (χ0v) is 31.5. The van der Waals surface area contributed by atoms with E-state index < -0.39 is 28.4 Å². The summed E-state index contributed by atoms with van der Waals surface area (Å²) in [5.41, 5.74) is 6.19. The van der Waals surface area contributed by atoms with Crippen LogP contribution in [0, 0.1) is 0 Å². The van der Waals surface area contributed by atoms with E-state index in [0.29, 0.717) is 22.7 Å². The van der Waals surface area contributed by atoms with Gasteiger partial charge in [-0.2, -0.15) is 0 Å². The van der Waals surface area contributed by atoms with E-state index in [1.165, 1.54) is 43.6 Å². The van der Waals surface area contributed by atoms with Gasteiger partial charge in [-0.1, -0.05) is 54.6 Å². The van der Waals surface area contributed by atoms with Crippen molar-refractivity contribution in [2.45, 2.75) is 17.7 Å². The third kappa shape index (κ3) is 11.0. The lowest BCUT2D eigenvalue weighted by atomic mass is 9.81. The minimum atomic E-state index is -3.63. The molecule has 1 aliphatic rings. The van der Waals surface area contributed by atoms with Gasteiger partial charge < -0.3 is 29.6 Å². The fraction of sp³-hybridized carbons (Fsp3) is 0.314. The molecule has 1 unspecified atom stereocenters. The Morgan fingerprint density at radius 3 is 2.21 bits per heavy atom. The van der Waals surface area contributed by atoms with Crippen LogP contribution >= 0.6 is 0 Å². The number of ether oxygens (including phenoxy) is 1. The van der Waals surface area contributed by atoms with Crippen molar-refractivity contribution in [3.8, 4) is 11.3 Å². The fourth-order valence-electron chi connectivity index (χ4n) is 5.31. The van der Waals surface area contributed by atoms with E-state index in [1.54, 1.807) is 60.3 Å². The number of sulfonamides is 1. The molecule has 1 atom stereocenters. The van der Waals surface area contributed by atoms with E-state index in [9.17, 15) is 17.2 Å². The number of nitrogens with one attached hydrogen (secondary N) is 1. The first-order valence-electron chi connectivity index (χ1n) is 16.5. The van der Waals surface area contributed by atoms with E-state index in [0.717, 1.165) is 54.6 Å². The lowest BCUT2D eigenvalue weighted by Gasteiger charge is -2.18. The van der Waals surface area contributed by atoms with Gasteiger partial charge in [0, 0.05) is 63.4 Å². The molecule has 0 saturated heterocycles. The molecule has 52 heavy (non-hydrogen) atoms. The number of rotatable bonds is 10. The maximum atomic E-state index is 13.0. The second-order valence-corrected chi connectivity index (χ2v) is 15.5. The Balaban J connectivity index is 0.000000336. The third-order valence-electron chi connectivity index (χ3n) is 8.18. The van der Waals surface area contributed by atoms with Crippen molar-refractivity contribution in [1.29, 1.82) is 0 Å². The molecule has 0 saturated carbocycles. The zero-order chi connectivity index (χ0) is 37.8. The number of benzene rings is 3. The van der Waals surface area contributed by atoms with Crippen LogP contribution in [0.25, 0.3) is 16.8 Å². The van der Waals surface area contributed by atoms with Crippen LogP contribution in [0.4, 0.5) is 11.6 Å². The molecule has 0 bridgehead atoms. The first kappa shape index (κ1) is 40.7. The van der Waals surface area contributed by atoms with E-state index in [4.69, 9.17) is 19.9 Å². The van der Waals surface area contributed by atoms with E-state index in [1.807, 2.05) is 24.3 Å². The Morgan fingerprint density at radius 2 is 1.60 bits per heavy atom. The van der Waals surface area contributed by atoms with Gasteiger partial charge in [0.1, 0.15) is 0 Å². The van der Waals surface area contributed by atoms with Crippen LogP contribution in [0.5, 0.6) is 0 Å². The van der Waals surface area contributed by atoms with Gasteiger partial charge >= 0.3 is 7.12 Å². The lowest BCUT2D eigenvalue weighted by molar-refractivity contribution is 0.150. The van der Waals surface area contributed by atoms with Crippen molar-refractivity contribution >= 4 is 51.0 Å². The fourth-order valence-corrected chi connectivity index (χ4v) is 6.40. The Hall–Kier alpha value is -4.04. The van der Waals surface area contributed by atoms with Crippen molar-refractivity contribution in [2.24, 2.45) is 0 Å². The number of anilines is 2. The van der Waals surface area contributed by atoms with Crippen LogP contribution in [0.2, 0.25) is 0 Å². The quantitative estimate of drug-likeness (QED) is 0.141. The van der Waals surface area contributed by atoms with Crippen molar-refractivity contribution in [2.75, 3.05) is 66.9 Å². The highest BCUT2D eigenvalue weighted by Crippen LogP contribution is 2.30. The molecule has 3 heterocycles. The van der Waals surface area contributed by atoms with Crippen LogP contribution in [-0.4, -0.2) is 124 Å². The third-order valence-corrected chi connectivity index (χ3v) is 10.7. The molecule has 14 nitrogen and oxygen atoms in total. The Bertz CT molecular complexity index is 2030. The topological polar surface area (TPSA) is 176 Å². The van der Waals surface area contributed by atoms with E-state index in [-0.39, 0.29) is 4.90 Å². The van der Waals surface area contributed by atoms with E-state index in [2.05, 4.69) is 33.4 Å². The van der Waals surface area contributed by atoms with Gasteiger partial charge in [0.2, 0.25) is 16.0 Å². The van der Waals surface area contributed by atoms with Gasteiger partial charge in [0.05, 0.1) is 28.9 Å². The number of methoxy groups -OCH3 is 1. The van der Waals surface area contributed by atoms with Gasteiger partial charge in [0.15, 0.2) is 0 Å². The van der Waals surface area contributed by atoms with Gasteiger partial charge in [-0.3, -0.25) is 4.21 Å². The number of hydrogen-bond donors (Lipinski definition) is 3. The smallest absolute Gasteiger partial charge is 0.488 e. The number of fused-ring (bicyclic) bond motifs is 2. The largest absolute Gasteiger partial charge is 0.760 e. The molecule has 3 N–H and O–H groups in total. The van der Waals surface area contributed by atoms with Crippen LogP contribution in [0.15, 0.2) is 96.0 Å². The van der Waals surface area contributed by atoms with Crippen LogP contribution in [0.1, 0.15) is 11.1 Å². The molecular weight excluding hydrogens is 705 g/mol. The number of aromatic nitrogens is 3. The summed E-state index contributed by atoms with van der Waals surface area (Å²) in [4.78, 5) is 7.17. The normalized spacial score (nSPS) is 13.7. The number of hydrogen-bond acceptors (Lipinski definition) is 11. The molecule has 278 valence electrons. The lowest BCUT2D eigenvalue weighted by Crippen LogP contribution is -2.29. The standard InChI is InChI=1S/C27H32N6O3S.C6H7BO2.C2H7NO2S/c1-31(2)37(34,35)26-7-5-4-6-24(26)25-11-10-23-19-28-27(30-33(23)25)29-22-9-8-20-12-14-32(16-17-36-3)15-13-21(20)18-22;8-7(9)6-4-2-1-3-5-6;1-3(2)6(4)5/h4-11,18-19H,12-17H2,1-3H3,(H,29,30);1-5,8-9H;1-2H3,(H,4,5)/p-1. The van der Waals surface area contributed by atoms with Gasteiger partial charge in [-0.05, 0) is 73.9 Å². The van der Waals surface area contributed by atoms with Gasteiger partial charge in [-0.15, -0.1) is 5.10 Å². The Kier molecular flexibility index (Phi) is 15.0. The first-order chi connectivity index (χ1) is 24.8. The average molecular weight is 751 g/mol. The summed E-state index contributed by atoms with van der Waals surface area (Å²) in [7, 11) is 2.76. The van der Waals surface area contributed by atoms with Crippen LogP contribution in [0.3, 0.4) is 0 Å². The van der Waals surface area contributed by atoms with Crippen molar-refractivity contribution < 1.29 is 32.0 Å². The molecule has 1 aliphatic heterocycles. The molecule has 0 fully saturated rings. The summed E-state index contributed by atoms with van der Waals surface area (Å²) in [6, 6.07) is 25.8. The Labute approximate surface area is 308 Å². The summed E-state index contributed by atoms with van der Waals surface area (Å²) in [6.07, 6.45) is 3.73. The van der Waals surface area contributed by atoms with Crippen molar-refractivity contribution in [3.63, 3.8) is 0 Å².